The number of aliphatic imine (C=N–C) groups is 1. The molecule has 0 saturated carbocycles. The molecule has 0 bridgehead atoms. The van der Waals surface area contributed by atoms with Crippen molar-refractivity contribution in [3.8, 4) is 11.4 Å². The highest BCUT2D eigenvalue weighted by molar-refractivity contribution is 8.27. The number of methoxy groups -OCH3 is 1. The number of carbonyl (C=O) groups is 2. The minimum Gasteiger partial charge on any atom is -0.495 e. The smallest absolute Gasteiger partial charge is 0.283 e. The number of aromatic nitrogens is 1. The number of likely N-dealkylation sites (tertiary alicyclic amines) is 1. The van der Waals surface area contributed by atoms with E-state index in [1.54, 1.807) is 13.2 Å². The third-order valence-corrected chi connectivity index (χ3v) is 7.88. The number of hydrogen-bond acceptors (Lipinski definition) is 6. The molecule has 1 aromatic heterocycles. The molecule has 3 aliphatic heterocycles. The molecule has 0 atom stereocenters. The van der Waals surface area contributed by atoms with Gasteiger partial charge >= 0.3 is 0 Å². The van der Waals surface area contributed by atoms with Gasteiger partial charge in [0.2, 0.25) is 11.1 Å². The quantitative estimate of drug-likeness (QED) is 0.552. The average molecular weight is 539 g/mol. The van der Waals surface area contributed by atoms with Crippen LogP contribution in [-0.2, 0) is 9.59 Å². The van der Waals surface area contributed by atoms with Gasteiger partial charge in [-0.05, 0) is 80.8 Å². The number of aryl methyl sites for hydroxylation is 1. The standard InChI is InChI=1S/C26H27ClN6O3S/c1-15-11-17(16(2)32(15)18-7-8-21(36-3)20(27)13-18)12-19-24(28)33-26(29-25(19)35)37-22(30-33)14-23(34)31-9-5-4-6-10-31/h7-8,11-13,28H,4-6,9-10,14H2,1-3H3/b19-12+,28-24?. The minimum absolute atomic E-state index is 0.0195. The zero-order valence-electron chi connectivity index (χ0n) is 20.9. The van der Waals surface area contributed by atoms with Crippen molar-refractivity contribution < 1.29 is 14.3 Å². The molecule has 5 rings (SSSR count). The van der Waals surface area contributed by atoms with E-state index in [0.29, 0.717) is 21.0 Å². The molecule has 11 heteroatoms. The van der Waals surface area contributed by atoms with E-state index >= 15 is 0 Å². The normalized spacial score (nSPS) is 18.8. The molecular formula is C26H27ClN6O3S. The molecule has 1 saturated heterocycles. The predicted molar refractivity (Wildman–Crippen MR) is 147 cm³/mol. The number of hydrazone groups is 1. The second kappa shape index (κ2) is 10.2. The number of nitrogens with one attached hydrogen (secondary N) is 1. The number of hydrogen-bond donors (Lipinski definition) is 1. The number of ether oxygens (including phenoxy) is 1. The summed E-state index contributed by atoms with van der Waals surface area (Å²) < 4.78 is 7.28. The molecule has 192 valence electrons. The number of carbonyl (C=O) groups excluding carboxylic acids is 2. The number of amidine groups is 2. The van der Waals surface area contributed by atoms with Crippen molar-refractivity contribution in [3.05, 3.63) is 51.8 Å². The van der Waals surface area contributed by atoms with Gasteiger partial charge in [0.25, 0.3) is 5.91 Å². The predicted octanol–water partition coefficient (Wildman–Crippen LogP) is 4.78. The van der Waals surface area contributed by atoms with Crippen LogP contribution >= 0.6 is 23.4 Å². The van der Waals surface area contributed by atoms with Crippen LogP contribution in [0.5, 0.6) is 5.75 Å². The fourth-order valence-corrected chi connectivity index (χ4v) is 5.90. The highest BCUT2D eigenvalue weighted by atomic mass is 35.5. The van der Waals surface area contributed by atoms with Crippen LogP contribution < -0.4 is 4.74 Å². The molecule has 3 aliphatic rings. The van der Waals surface area contributed by atoms with Crippen LogP contribution in [0.4, 0.5) is 0 Å². The summed E-state index contributed by atoms with van der Waals surface area (Å²) >= 11 is 7.52. The summed E-state index contributed by atoms with van der Waals surface area (Å²) in [6.07, 6.45) is 5.00. The lowest BCUT2D eigenvalue weighted by Crippen LogP contribution is -2.36. The van der Waals surface area contributed by atoms with Gasteiger partial charge in [0.1, 0.15) is 10.8 Å². The summed E-state index contributed by atoms with van der Waals surface area (Å²) in [5.41, 5.74) is 3.61. The number of amides is 2. The van der Waals surface area contributed by atoms with Gasteiger partial charge < -0.3 is 14.2 Å². The van der Waals surface area contributed by atoms with E-state index < -0.39 is 5.91 Å². The van der Waals surface area contributed by atoms with E-state index in [9.17, 15) is 9.59 Å². The highest BCUT2D eigenvalue weighted by Gasteiger charge is 2.36. The fraction of sp³-hybridized carbons (Fsp3) is 0.346. The second-order valence-corrected chi connectivity index (χ2v) is 10.6. The SMILES string of the molecule is COc1ccc(-n2c(C)cc(/C=C3\C(=N)N4N=C(CC(=O)N5CCCCC5)SC4=NC3=O)c2C)cc1Cl. The molecule has 4 heterocycles. The van der Waals surface area contributed by atoms with Gasteiger partial charge in [-0.3, -0.25) is 15.0 Å². The topological polar surface area (TPSA) is 103 Å². The number of nitrogens with zero attached hydrogens (tertiary/aromatic N) is 5. The molecule has 0 spiro atoms. The van der Waals surface area contributed by atoms with Crippen molar-refractivity contribution >= 4 is 57.3 Å². The van der Waals surface area contributed by atoms with Crippen molar-refractivity contribution in [2.24, 2.45) is 10.1 Å². The number of rotatable bonds is 5. The first-order valence-corrected chi connectivity index (χ1v) is 13.3. The van der Waals surface area contributed by atoms with Crippen molar-refractivity contribution in [1.29, 1.82) is 5.41 Å². The van der Waals surface area contributed by atoms with E-state index in [0.717, 1.165) is 55.0 Å². The Morgan fingerprint density at radius 3 is 2.68 bits per heavy atom. The van der Waals surface area contributed by atoms with Gasteiger partial charge in [0, 0.05) is 30.2 Å². The summed E-state index contributed by atoms with van der Waals surface area (Å²) in [5.74, 6) is 0.0531. The summed E-state index contributed by atoms with van der Waals surface area (Å²) in [7, 11) is 1.57. The summed E-state index contributed by atoms with van der Waals surface area (Å²) in [5, 5.41) is 15.8. The van der Waals surface area contributed by atoms with Crippen molar-refractivity contribution in [1.82, 2.24) is 14.5 Å². The molecule has 2 aromatic rings. The van der Waals surface area contributed by atoms with Crippen LogP contribution in [0, 0.1) is 19.3 Å². The monoisotopic (exact) mass is 538 g/mol. The van der Waals surface area contributed by atoms with Crippen LogP contribution in [0.15, 0.2) is 39.9 Å². The van der Waals surface area contributed by atoms with Gasteiger partial charge in [-0.25, -0.2) is 0 Å². The molecule has 0 radical (unpaired) electrons. The zero-order valence-corrected chi connectivity index (χ0v) is 22.4. The number of piperidine rings is 1. The number of fused-ring (bicyclic) bond motifs is 1. The number of benzene rings is 1. The van der Waals surface area contributed by atoms with E-state index in [1.165, 1.54) is 16.8 Å². The van der Waals surface area contributed by atoms with Crippen molar-refractivity contribution in [3.63, 3.8) is 0 Å². The van der Waals surface area contributed by atoms with Crippen LogP contribution in [0.2, 0.25) is 5.02 Å². The van der Waals surface area contributed by atoms with Crippen molar-refractivity contribution in [2.45, 2.75) is 39.5 Å². The molecule has 9 nitrogen and oxygen atoms in total. The Morgan fingerprint density at radius 1 is 1.22 bits per heavy atom. The van der Waals surface area contributed by atoms with Crippen LogP contribution in [0.3, 0.4) is 0 Å². The first-order chi connectivity index (χ1) is 17.8. The lowest BCUT2D eigenvalue weighted by molar-refractivity contribution is -0.130. The summed E-state index contributed by atoms with van der Waals surface area (Å²) in [4.78, 5) is 31.6. The maximum atomic E-state index is 12.9. The van der Waals surface area contributed by atoms with Crippen LogP contribution in [0.25, 0.3) is 11.8 Å². The molecule has 1 fully saturated rings. The summed E-state index contributed by atoms with van der Waals surface area (Å²) in [6, 6.07) is 7.49. The Kier molecular flexibility index (Phi) is 6.96. The minimum atomic E-state index is -0.500. The lowest BCUT2D eigenvalue weighted by Gasteiger charge is -2.26. The van der Waals surface area contributed by atoms with Crippen LogP contribution in [0.1, 0.15) is 42.6 Å². The molecule has 0 unspecified atom stereocenters. The largest absolute Gasteiger partial charge is 0.495 e. The van der Waals surface area contributed by atoms with Gasteiger partial charge in [0.05, 0.1) is 24.1 Å². The van der Waals surface area contributed by atoms with Gasteiger partial charge in [-0.1, -0.05) is 11.6 Å². The average Bonchev–Trinajstić information content (AvgIpc) is 3.41. The van der Waals surface area contributed by atoms with Gasteiger partial charge in [0.15, 0.2) is 5.84 Å². The molecule has 1 aromatic carbocycles. The number of halogens is 1. The summed E-state index contributed by atoms with van der Waals surface area (Å²) in [6.45, 7) is 5.44. The Labute approximate surface area is 224 Å². The van der Waals surface area contributed by atoms with Crippen molar-refractivity contribution in [2.75, 3.05) is 20.2 Å². The molecule has 0 aliphatic carbocycles. The maximum absolute atomic E-state index is 12.9. The fourth-order valence-electron chi connectivity index (χ4n) is 4.77. The highest BCUT2D eigenvalue weighted by Crippen LogP contribution is 2.32. The van der Waals surface area contributed by atoms with Gasteiger partial charge in [-0.2, -0.15) is 15.1 Å². The second-order valence-electron chi connectivity index (χ2n) is 9.11. The lowest BCUT2D eigenvalue weighted by atomic mass is 10.1. The van der Waals surface area contributed by atoms with E-state index in [1.807, 2.05) is 47.6 Å². The third-order valence-electron chi connectivity index (χ3n) is 6.67. The Hall–Kier alpha value is -3.37. The van der Waals surface area contributed by atoms with E-state index in [-0.39, 0.29) is 23.7 Å². The number of thioether (sulfide) groups is 1. The van der Waals surface area contributed by atoms with Crippen LogP contribution in [-0.4, -0.2) is 62.5 Å². The first-order valence-electron chi connectivity index (χ1n) is 12.1. The molecule has 2 amide bonds. The molecule has 37 heavy (non-hydrogen) atoms. The Bertz CT molecular complexity index is 1400. The molecular weight excluding hydrogens is 512 g/mol. The Balaban J connectivity index is 1.40. The molecule has 1 N–H and O–H groups in total. The van der Waals surface area contributed by atoms with Gasteiger partial charge in [-0.15, -0.1) is 0 Å². The Morgan fingerprint density at radius 2 is 1.97 bits per heavy atom. The maximum Gasteiger partial charge on any atom is 0.283 e. The zero-order chi connectivity index (χ0) is 26.3. The van der Waals surface area contributed by atoms with E-state index in [2.05, 4.69) is 10.1 Å². The third kappa shape index (κ3) is 4.83. The van der Waals surface area contributed by atoms with E-state index in [4.69, 9.17) is 21.7 Å². The first kappa shape index (κ1) is 25.3.